The van der Waals surface area contributed by atoms with Crippen molar-refractivity contribution < 1.29 is 23.1 Å². The van der Waals surface area contributed by atoms with Crippen molar-refractivity contribution in [3.63, 3.8) is 0 Å². The van der Waals surface area contributed by atoms with Gasteiger partial charge in [-0.25, -0.2) is 0 Å². The molecule has 1 unspecified atom stereocenters. The smallest absolute Gasteiger partial charge is 0.332 e. The van der Waals surface area contributed by atoms with Gasteiger partial charge in [-0.15, -0.1) is 0 Å². The molecule has 0 radical (unpaired) electrons. The van der Waals surface area contributed by atoms with Crippen LogP contribution in [0.4, 0.5) is 0 Å². The number of hydrogen-bond acceptors (Lipinski definition) is 6. The molecule has 0 heterocycles. The van der Waals surface area contributed by atoms with Crippen molar-refractivity contribution in [3.05, 3.63) is 0 Å². The van der Waals surface area contributed by atoms with Gasteiger partial charge in [-0.1, -0.05) is 40.0 Å². The highest BCUT2D eigenvalue weighted by Crippen LogP contribution is 2.50. The van der Waals surface area contributed by atoms with Gasteiger partial charge in [0.05, 0.1) is 32.1 Å². The van der Waals surface area contributed by atoms with E-state index in [2.05, 4.69) is 0 Å². The number of hydrogen-bond donors (Lipinski definition) is 0. The quantitative estimate of drug-likeness (QED) is 0.265. The molecule has 0 aliphatic rings. The first-order chi connectivity index (χ1) is 11.0. The van der Waals surface area contributed by atoms with Gasteiger partial charge in [0.1, 0.15) is 0 Å². The molecule has 23 heavy (non-hydrogen) atoms. The summed E-state index contributed by atoms with van der Waals surface area (Å²) in [5.74, 6) is -1.78. The lowest BCUT2D eigenvalue weighted by atomic mass is 10.2. The predicted molar refractivity (Wildman–Crippen MR) is 89.2 cm³/mol. The summed E-state index contributed by atoms with van der Waals surface area (Å²) < 4.78 is 28.6. The minimum absolute atomic E-state index is 0.248. The number of carbonyl (C=O) groups excluding carboxylic acids is 1. The predicted octanol–water partition coefficient (Wildman–Crippen LogP) is 4.30. The van der Waals surface area contributed by atoms with Crippen LogP contribution in [0, 0.1) is 17.2 Å². The van der Waals surface area contributed by atoms with Gasteiger partial charge in [0, 0.05) is 0 Å². The molecule has 0 aliphatic carbocycles. The molecular formula is C16H30NO5P. The zero-order valence-corrected chi connectivity index (χ0v) is 15.5. The van der Waals surface area contributed by atoms with Gasteiger partial charge in [0.2, 0.25) is 0 Å². The topological polar surface area (TPSA) is 85.6 Å². The summed E-state index contributed by atoms with van der Waals surface area (Å²) in [5.41, 5.74) is 0. The van der Waals surface area contributed by atoms with Crippen LogP contribution in [0.1, 0.15) is 59.3 Å². The number of rotatable bonds is 14. The molecule has 0 aromatic heterocycles. The van der Waals surface area contributed by atoms with Crippen LogP contribution in [0.25, 0.3) is 0 Å². The van der Waals surface area contributed by atoms with Crippen molar-refractivity contribution >= 4 is 13.6 Å². The molecule has 0 aliphatic heterocycles. The van der Waals surface area contributed by atoms with Crippen LogP contribution in [0.3, 0.4) is 0 Å². The van der Waals surface area contributed by atoms with Crippen molar-refractivity contribution in [1.29, 1.82) is 5.26 Å². The second-order valence-electron chi connectivity index (χ2n) is 5.37. The van der Waals surface area contributed by atoms with Gasteiger partial charge in [0.15, 0.2) is 5.92 Å². The van der Waals surface area contributed by atoms with Crippen molar-refractivity contribution in [2.24, 2.45) is 5.92 Å². The van der Waals surface area contributed by atoms with E-state index in [0.717, 1.165) is 38.5 Å². The molecule has 0 fully saturated rings. The molecule has 1 atom stereocenters. The van der Waals surface area contributed by atoms with Crippen LogP contribution in [0.2, 0.25) is 0 Å². The van der Waals surface area contributed by atoms with Crippen LogP contribution in [0.15, 0.2) is 0 Å². The van der Waals surface area contributed by atoms with Crippen LogP contribution < -0.4 is 0 Å². The summed E-state index contributed by atoms with van der Waals surface area (Å²) in [5, 5.41) is 9.18. The molecule has 134 valence electrons. The molecular weight excluding hydrogens is 317 g/mol. The maximum absolute atomic E-state index is 12.8. The number of nitrogens with zero attached hydrogens (tertiary/aromatic N) is 1. The van der Waals surface area contributed by atoms with E-state index in [1.165, 1.54) is 0 Å². The number of nitriles is 1. The Morgan fingerprint density at radius 3 is 1.91 bits per heavy atom. The molecule has 0 spiro atoms. The Bertz CT molecular complexity index is 394. The zero-order valence-electron chi connectivity index (χ0n) is 14.6. The highest BCUT2D eigenvalue weighted by Gasteiger charge is 2.34. The van der Waals surface area contributed by atoms with Crippen molar-refractivity contribution in [3.8, 4) is 6.07 Å². The SMILES string of the molecule is CCCCOC(=O)C(C#N)CP(=O)(OCCCC)OCCCC. The third kappa shape index (κ3) is 10.5. The first-order valence-electron chi connectivity index (χ1n) is 8.47. The molecule has 0 aromatic rings. The van der Waals surface area contributed by atoms with Crippen LogP contribution in [-0.4, -0.2) is 32.0 Å². The highest BCUT2D eigenvalue weighted by atomic mass is 31.2. The number of carbonyl (C=O) groups is 1. The van der Waals surface area contributed by atoms with E-state index in [1.807, 2.05) is 26.8 Å². The Morgan fingerprint density at radius 2 is 1.48 bits per heavy atom. The van der Waals surface area contributed by atoms with Crippen LogP contribution >= 0.6 is 7.60 Å². The highest BCUT2D eigenvalue weighted by molar-refractivity contribution is 7.53. The lowest BCUT2D eigenvalue weighted by molar-refractivity contribution is -0.146. The molecule has 0 aromatic carbocycles. The van der Waals surface area contributed by atoms with E-state index in [0.29, 0.717) is 13.2 Å². The van der Waals surface area contributed by atoms with Crippen molar-refractivity contribution in [1.82, 2.24) is 0 Å². The molecule has 0 bridgehead atoms. The van der Waals surface area contributed by atoms with E-state index in [9.17, 15) is 14.6 Å². The molecule has 0 rings (SSSR count). The Morgan fingerprint density at radius 1 is 1.00 bits per heavy atom. The van der Waals surface area contributed by atoms with Gasteiger partial charge < -0.3 is 13.8 Å². The van der Waals surface area contributed by atoms with Crippen molar-refractivity contribution in [2.75, 3.05) is 26.0 Å². The van der Waals surface area contributed by atoms with Gasteiger partial charge in [-0.3, -0.25) is 9.36 Å². The van der Waals surface area contributed by atoms with Crippen molar-refractivity contribution in [2.45, 2.75) is 59.3 Å². The minimum atomic E-state index is -3.47. The largest absolute Gasteiger partial charge is 0.465 e. The summed E-state index contributed by atoms with van der Waals surface area (Å²) in [7, 11) is -3.47. The number of esters is 1. The average molecular weight is 347 g/mol. The summed E-state index contributed by atoms with van der Waals surface area (Å²) in [6.07, 6.45) is 4.68. The Labute approximate surface area is 140 Å². The fourth-order valence-electron chi connectivity index (χ4n) is 1.65. The first-order valence-corrected chi connectivity index (χ1v) is 10.2. The Balaban J connectivity index is 4.69. The maximum atomic E-state index is 12.8. The van der Waals surface area contributed by atoms with E-state index in [1.54, 1.807) is 0 Å². The molecule has 0 saturated heterocycles. The second-order valence-corrected chi connectivity index (χ2v) is 7.47. The minimum Gasteiger partial charge on any atom is -0.465 e. The van der Waals surface area contributed by atoms with Crippen LogP contribution in [-0.2, 0) is 23.1 Å². The standard InChI is InChI=1S/C16H30NO5P/c1-4-7-10-20-16(18)15(13-17)14-23(19,21-11-8-5-2)22-12-9-6-3/h15H,4-12,14H2,1-3H3. The summed E-state index contributed by atoms with van der Waals surface area (Å²) in [6.45, 7) is 6.83. The number of ether oxygens (including phenoxy) is 1. The van der Waals surface area contributed by atoms with Gasteiger partial charge >= 0.3 is 13.6 Å². The fraction of sp³-hybridized carbons (Fsp3) is 0.875. The van der Waals surface area contributed by atoms with E-state index >= 15 is 0 Å². The summed E-state index contributed by atoms with van der Waals surface area (Å²) in [6, 6.07) is 1.86. The van der Waals surface area contributed by atoms with Gasteiger partial charge in [-0.2, -0.15) is 5.26 Å². The zero-order chi connectivity index (χ0) is 17.6. The average Bonchev–Trinajstić information content (AvgIpc) is 2.53. The van der Waals surface area contributed by atoms with E-state index < -0.39 is 19.5 Å². The second kappa shape index (κ2) is 13.5. The monoisotopic (exact) mass is 347 g/mol. The Kier molecular flexibility index (Phi) is 13.0. The van der Waals surface area contributed by atoms with Crippen LogP contribution in [0.5, 0.6) is 0 Å². The summed E-state index contributed by atoms with van der Waals surface area (Å²) in [4.78, 5) is 11.9. The van der Waals surface area contributed by atoms with E-state index in [4.69, 9.17) is 13.8 Å². The molecule has 0 N–H and O–H groups in total. The fourth-order valence-corrected chi connectivity index (χ4v) is 3.43. The van der Waals surface area contributed by atoms with Gasteiger partial charge in [-0.05, 0) is 19.3 Å². The third-order valence-corrected chi connectivity index (χ3v) is 5.12. The molecule has 7 heteroatoms. The van der Waals surface area contributed by atoms with E-state index in [-0.39, 0.29) is 12.8 Å². The summed E-state index contributed by atoms with van der Waals surface area (Å²) >= 11 is 0. The molecule has 6 nitrogen and oxygen atoms in total. The molecule has 0 amide bonds. The lowest BCUT2D eigenvalue weighted by Gasteiger charge is -2.20. The number of unbranched alkanes of at least 4 members (excludes halogenated alkanes) is 3. The third-order valence-electron chi connectivity index (χ3n) is 3.16. The Hall–Kier alpha value is -0.890. The van der Waals surface area contributed by atoms with Gasteiger partial charge in [0.25, 0.3) is 0 Å². The first kappa shape index (κ1) is 22.1. The molecule has 0 saturated carbocycles. The normalized spacial score (nSPS) is 12.6. The maximum Gasteiger partial charge on any atom is 0.332 e. The lowest BCUT2D eigenvalue weighted by Crippen LogP contribution is -2.22.